The monoisotopic (exact) mass is 183 g/mol. The zero-order valence-electron chi connectivity index (χ0n) is 7.17. The summed E-state index contributed by atoms with van der Waals surface area (Å²) in [6.45, 7) is 4.78. The summed E-state index contributed by atoms with van der Waals surface area (Å²) in [5, 5.41) is 3.43. The molecule has 1 aliphatic heterocycles. The van der Waals surface area contributed by atoms with Crippen molar-refractivity contribution in [3.8, 4) is 0 Å². The molecule has 2 rings (SSSR count). The molecule has 1 N–H and O–H groups in total. The Labute approximate surface area is 76.6 Å². The van der Waals surface area contributed by atoms with Crippen molar-refractivity contribution in [3.05, 3.63) is 21.9 Å². The quantitative estimate of drug-likeness (QED) is 0.715. The van der Waals surface area contributed by atoms with Gasteiger partial charge in [0.25, 0.3) is 0 Å². The van der Waals surface area contributed by atoms with Gasteiger partial charge in [-0.15, -0.1) is 11.3 Å². The molecule has 0 aliphatic carbocycles. The van der Waals surface area contributed by atoms with Crippen molar-refractivity contribution >= 4 is 11.3 Å². The van der Waals surface area contributed by atoms with Crippen molar-refractivity contribution in [1.82, 2.24) is 5.32 Å². The molecule has 2 nitrogen and oxygen atoms in total. The number of nitrogens with one attached hydrogen (secondary N) is 1. The minimum Gasteiger partial charge on any atom is -0.378 e. The molecule has 66 valence electrons. The van der Waals surface area contributed by atoms with Gasteiger partial charge in [-0.2, -0.15) is 0 Å². The van der Waals surface area contributed by atoms with Crippen LogP contribution in [0.5, 0.6) is 0 Å². The predicted molar refractivity (Wildman–Crippen MR) is 50.6 cm³/mol. The molecule has 0 aromatic carbocycles. The molecule has 1 aromatic heterocycles. The maximum Gasteiger partial charge on any atom is 0.0670 e. The second kappa shape index (κ2) is 3.56. The van der Waals surface area contributed by atoms with Crippen molar-refractivity contribution in [2.24, 2.45) is 0 Å². The van der Waals surface area contributed by atoms with Crippen LogP contribution in [0.15, 0.2) is 12.1 Å². The smallest absolute Gasteiger partial charge is 0.0670 e. The summed E-state index contributed by atoms with van der Waals surface area (Å²) in [5.41, 5.74) is 0. The van der Waals surface area contributed by atoms with Crippen molar-refractivity contribution in [3.63, 3.8) is 0 Å². The lowest BCUT2D eigenvalue weighted by atomic mass is 10.2. The minimum atomic E-state index is 0.428. The summed E-state index contributed by atoms with van der Waals surface area (Å²) in [6, 6.07) is 4.78. The van der Waals surface area contributed by atoms with Crippen LogP contribution in [0.25, 0.3) is 0 Å². The van der Waals surface area contributed by atoms with E-state index in [9.17, 15) is 0 Å². The van der Waals surface area contributed by atoms with E-state index in [0.717, 1.165) is 19.8 Å². The molecular weight excluding hydrogens is 170 g/mol. The van der Waals surface area contributed by atoms with Crippen LogP contribution in [-0.2, 0) is 4.74 Å². The van der Waals surface area contributed by atoms with E-state index in [2.05, 4.69) is 24.4 Å². The highest BCUT2D eigenvalue weighted by atomic mass is 32.1. The fourth-order valence-corrected chi connectivity index (χ4v) is 2.33. The highest BCUT2D eigenvalue weighted by molar-refractivity contribution is 7.12. The van der Waals surface area contributed by atoms with E-state index in [0.29, 0.717) is 6.04 Å². The maximum atomic E-state index is 5.39. The third-order valence-corrected chi connectivity index (χ3v) is 3.14. The number of ether oxygens (including phenoxy) is 1. The van der Waals surface area contributed by atoms with E-state index in [1.807, 2.05) is 11.3 Å². The first-order valence-electron chi connectivity index (χ1n) is 4.24. The highest BCUT2D eigenvalue weighted by Gasteiger charge is 2.15. The van der Waals surface area contributed by atoms with Gasteiger partial charge in [0, 0.05) is 16.3 Å². The zero-order valence-corrected chi connectivity index (χ0v) is 7.99. The SMILES string of the molecule is Cc1ccc(C2COCCN2)s1. The topological polar surface area (TPSA) is 21.3 Å². The Hall–Kier alpha value is -0.380. The van der Waals surface area contributed by atoms with Crippen LogP contribution >= 0.6 is 11.3 Å². The Balaban J connectivity index is 2.08. The molecule has 0 amide bonds. The fourth-order valence-electron chi connectivity index (χ4n) is 1.39. The summed E-state index contributed by atoms with van der Waals surface area (Å²) >= 11 is 1.85. The maximum absolute atomic E-state index is 5.39. The average molecular weight is 183 g/mol. The molecule has 1 aliphatic rings. The molecule has 1 saturated heterocycles. The van der Waals surface area contributed by atoms with Gasteiger partial charge in [-0.25, -0.2) is 0 Å². The number of hydrogen-bond acceptors (Lipinski definition) is 3. The average Bonchev–Trinajstić information content (AvgIpc) is 2.54. The lowest BCUT2D eigenvalue weighted by Crippen LogP contribution is -2.33. The summed E-state index contributed by atoms with van der Waals surface area (Å²) in [4.78, 5) is 2.77. The molecule has 12 heavy (non-hydrogen) atoms. The van der Waals surface area contributed by atoms with Crippen LogP contribution in [-0.4, -0.2) is 19.8 Å². The van der Waals surface area contributed by atoms with Gasteiger partial charge in [0.15, 0.2) is 0 Å². The molecule has 1 aromatic rings. The highest BCUT2D eigenvalue weighted by Crippen LogP contribution is 2.23. The number of hydrogen-bond donors (Lipinski definition) is 1. The number of aryl methyl sites for hydroxylation is 1. The van der Waals surface area contributed by atoms with E-state index in [1.54, 1.807) is 0 Å². The van der Waals surface area contributed by atoms with Crippen LogP contribution in [0.2, 0.25) is 0 Å². The first-order chi connectivity index (χ1) is 5.86. The third kappa shape index (κ3) is 1.68. The molecule has 0 bridgehead atoms. The third-order valence-electron chi connectivity index (χ3n) is 2.03. The standard InChI is InChI=1S/C9H13NOS/c1-7-2-3-9(12-7)8-6-11-5-4-10-8/h2-3,8,10H,4-6H2,1H3. The summed E-state index contributed by atoms with van der Waals surface area (Å²) in [5.74, 6) is 0. The van der Waals surface area contributed by atoms with Gasteiger partial charge in [-0.05, 0) is 19.1 Å². The zero-order chi connectivity index (χ0) is 8.39. The molecule has 2 heterocycles. The van der Waals surface area contributed by atoms with Gasteiger partial charge in [0.05, 0.1) is 19.3 Å². The van der Waals surface area contributed by atoms with Crippen LogP contribution in [0.3, 0.4) is 0 Å². The van der Waals surface area contributed by atoms with Crippen molar-refractivity contribution in [2.75, 3.05) is 19.8 Å². The van der Waals surface area contributed by atoms with Crippen molar-refractivity contribution in [2.45, 2.75) is 13.0 Å². The largest absolute Gasteiger partial charge is 0.378 e. The molecule has 0 spiro atoms. The molecular formula is C9H13NOS. The van der Waals surface area contributed by atoms with Crippen LogP contribution in [0.4, 0.5) is 0 Å². The van der Waals surface area contributed by atoms with Crippen molar-refractivity contribution < 1.29 is 4.74 Å². The Morgan fingerprint density at radius 2 is 2.50 bits per heavy atom. The first kappa shape index (κ1) is 8.23. The van der Waals surface area contributed by atoms with Gasteiger partial charge < -0.3 is 10.1 Å². The van der Waals surface area contributed by atoms with E-state index in [4.69, 9.17) is 4.74 Å². The van der Waals surface area contributed by atoms with Gasteiger partial charge in [-0.3, -0.25) is 0 Å². The normalized spacial score (nSPS) is 24.2. The summed E-state index contributed by atoms with van der Waals surface area (Å²) in [6.07, 6.45) is 0. The van der Waals surface area contributed by atoms with E-state index in [1.165, 1.54) is 9.75 Å². The van der Waals surface area contributed by atoms with Gasteiger partial charge in [-0.1, -0.05) is 0 Å². The number of rotatable bonds is 1. The Morgan fingerprint density at radius 1 is 1.58 bits per heavy atom. The van der Waals surface area contributed by atoms with E-state index in [-0.39, 0.29) is 0 Å². The Kier molecular flexibility index (Phi) is 2.44. The predicted octanol–water partition coefficient (Wildman–Crippen LogP) is 1.72. The first-order valence-corrected chi connectivity index (χ1v) is 5.05. The van der Waals surface area contributed by atoms with Crippen LogP contribution < -0.4 is 5.32 Å². The Bertz CT molecular complexity index is 253. The van der Waals surface area contributed by atoms with Crippen LogP contribution in [0, 0.1) is 6.92 Å². The molecule has 0 radical (unpaired) electrons. The van der Waals surface area contributed by atoms with Gasteiger partial charge >= 0.3 is 0 Å². The van der Waals surface area contributed by atoms with Gasteiger partial charge in [0.2, 0.25) is 0 Å². The molecule has 3 heteroatoms. The summed E-state index contributed by atoms with van der Waals surface area (Å²) < 4.78 is 5.39. The lowest BCUT2D eigenvalue weighted by molar-refractivity contribution is 0.0779. The molecule has 0 saturated carbocycles. The van der Waals surface area contributed by atoms with Crippen LogP contribution in [0.1, 0.15) is 15.8 Å². The second-order valence-corrected chi connectivity index (χ2v) is 4.35. The Morgan fingerprint density at radius 3 is 3.08 bits per heavy atom. The molecule has 1 fully saturated rings. The lowest BCUT2D eigenvalue weighted by Gasteiger charge is -2.22. The molecule has 1 atom stereocenters. The van der Waals surface area contributed by atoms with E-state index >= 15 is 0 Å². The summed E-state index contributed by atoms with van der Waals surface area (Å²) in [7, 11) is 0. The number of morpholine rings is 1. The fraction of sp³-hybridized carbons (Fsp3) is 0.556. The van der Waals surface area contributed by atoms with E-state index < -0.39 is 0 Å². The van der Waals surface area contributed by atoms with Gasteiger partial charge in [0.1, 0.15) is 0 Å². The molecule has 1 unspecified atom stereocenters. The minimum absolute atomic E-state index is 0.428. The number of thiophene rings is 1. The second-order valence-electron chi connectivity index (χ2n) is 3.03. The van der Waals surface area contributed by atoms with Crippen molar-refractivity contribution in [1.29, 1.82) is 0 Å².